The van der Waals surface area contributed by atoms with E-state index in [1.807, 2.05) is 0 Å². The zero-order valence-electron chi connectivity index (χ0n) is 17.9. The summed E-state index contributed by atoms with van der Waals surface area (Å²) >= 11 is 0. The second-order valence-corrected chi connectivity index (χ2v) is 7.47. The van der Waals surface area contributed by atoms with Crippen molar-refractivity contribution in [2.75, 3.05) is 30.8 Å². The number of alkyl halides is 3. The standard InChI is InChI=1S/C20H26F3N5O3/c1-6-24-16-13(20(21,22)23)9-25-18(28-16)27-14-7-11(2)12(8-15(14)31-5)17(29)26-10-19(3,4)30/h7-9,30H,6,10H2,1-5H3,(H,26,29)(H2,24,25,27,28). The Bertz CT molecular complexity index is 943. The summed E-state index contributed by atoms with van der Waals surface area (Å²) in [6, 6.07) is 3.10. The number of rotatable bonds is 8. The van der Waals surface area contributed by atoms with Crippen molar-refractivity contribution in [1.82, 2.24) is 15.3 Å². The number of carbonyl (C=O) groups is 1. The van der Waals surface area contributed by atoms with E-state index in [2.05, 4.69) is 25.9 Å². The number of hydrogen-bond donors (Lipinski definition) is 4. The molecule has 31 heavy (non-hydrogen) atoms. The molecule has 0 aliphatic carbocycles. The fourth-order valence-electron chi connectivity index (χ4n) is 2.66. The quantitative estimate of drug-likeness (QED) is 0.497. The van der Waals surface area contributed by atoms with Crippen LogP contribution in [0.3, 0.4) is 0 Å². The Morgan fingerprint density at radius 1 is 1.26 bits per heavy atom. The summed E-state index contributed by atoms with van der Waals surface area (Å²) in [6.07, 6.45) is -3.90. The van der Waals surface area contributed by atoms with Gasteiger partial charge in [-0.3, -0.25) is 4.79 Å². The molecule has 1 aromatic carbocycles. The van der Waals surface area contributed by atoms with Gasteiger partial charge in [0.05, 0.1) is 18.4 Å². The number of methoxy groups -OCH3 is 1. The molecule has 0 radical (unpaired) electrons. The zero-order valence-corrected chi connectivity index (χ0v) is 17.9. The van der Waals surface area contributed by atoms with Crippen LogP contribution in [-0.2, 0) is 6.18 Å². The van der Waals surface area contributed by atoms with Crippen molar-refractivity contribution in [3.8, 4) is 5.75 Å². The van der Waals surface area contributed by atoms with E-state index in [0.29, 0.717) is 23.0 Å². The SMILES string of the molecule is CCNc1nc(Nc2cc(C)c(C(=O)NCC(C)(C)O)cc2OC)ncc1C(F)(F)F. The van der Waals surface area contributed by atoms with E-state index in [1.165, 1.54) is 13.2 Å². The molecule has 170 valence electrons. The predicted octanol–water partition coefficient (Wildman–Crippen LogP) is 3.49. The maximum Gasteiger partial charge on any atom is 0.421 e. The van der Waals surface area contributed by atoms with Gasteiger partial charge >= 0.3 is 6.18 Å². The lowest BCUT2D eigenvalue weighted by molar-refractivity contribution is -0.137. The summed E-state index contributed by atoms with van der Waals surface area (Å²) in [6.45, 7) is 6.79. The molecule has 4 N–H and O–H groups in total. The number of aromatic nitrogens is 2. The van der Waals surface area contributed by atoms with Crippen molar-refractivity contribution in [3.63, 3.8) is 0 Å². The summed E-state index contributed by atoms with van der Waals surface area (Å²) in [5.41, 5.74) is -0.758. The summed E-state index contributed by atoms with van der Waals surface area (Å²) in [4.78, 5) is 20.1. The summed E-state index contributed by atoms with van der Waals surface area (Å²) in [7, 11) is 1.39. The highest BCUT2D eigenvalue weighted by molar-refractivity contribution is 5.97. The van der Waals surface area contributed by atoms with Gasteiger partial charge in [-0.05, 0) is 45.4 Å². The van der Waals surface area contributed by atoms with Gasteiger partial charge in [0.2, 0.25) is 5.95 Å². The maximum absolute atomic E-state index is 13.1. The van der Waals surface area contributed by atoms with Gasteiger partial charge in [-0.15, -0.1) is 0 Å². The first-order chi connectivity index (χ1) is 14.4. The number of halogens is 3. The highest BCUT2D eigenvalue weighted by Crippen LogP contribution is 2.35. The number of nitrogens with zero attached hydrogens (tertiary/aromatic N) is 2. The Hall–Kier alpha value is -3.08. The van der Waals surface area contributed by atoms with E-state index in [4.69, 9.17) is 4.74 Å². The predicted molar refractivity (Wildman–Crippen MR) is 111 cm³/mol. The Morgan fingerprint density at radius 2 is 1.94 bits per heavy atom. The highest BCUT2D eigenvalue weighted by Gasteiger charge is 2.35. The average Bonchev–Trinajstić information content (AvgIpc) is 2.65. The van der Waals surface area contributed by atoms with Crippen molar-refractivity contribution >= 4 is 23.4 Å². The number of ether oxygens (including phenoxy) is 1. The van der Waals surface area contributed by atoms with E-state index >= 15 is 0 Å². The van der Waals surface area contributed by atoms with Crippen LogP contribution in [0, 0.1) is 6.92 Å². The van der Waals surface area contributed by atoms with Crippen LogP contribution in [0.5, 0.6) is 5.75 Å². The van der Waals surface area contributed by atoms with Gasteiger partial charge in [0.25, 0.3) is 5.91 Å². The molecule has 1 heterocycles. The van der Waals surface area contributed by atoms with Gasteiger partial charge in [-0.2, -0.15) is 18.2 Å². The molecule has 0 fully saturated rings. The van der Waals surface area contributed by atoms with Crippen molar-refractivity contribution in [2.45, 2.75) is 39.5 Å². The number of aryl methyl sites for hydroxylation is 1. The Kier molecular flexibility index (Phi) is 7.32. The van der Waals surface area contributed by atoms with E-state index in [9.17, 15) is 23.1 Å². The maximum atomic E-state index is 13.1. The number of anilines is 3. The molecule has 2 aromatic rings. The number of carbonyl (C=O) groups excluding carboxylic acids is 1. The molecule has 11 heteroatoms. The number of hydrogen-bond acceptors (Lipinski definition) is 7. The van der Waals surface area contributed by atoms with E-state index < -0.39 is 23.2 Å². The van der Waals surface area contributed by atoms with E-state index in [1.54, 1.807) is 33.8 Å². The van der Waals surface area contributed by atoms with Gasteiger partial charge in [-0.1, -0.05) is 0 Å². The van der Waals surface area contributed by atoms with Crippen LogP contribution in [0.25, 0.3) is 0 Å². The number of benzene rings is 1. The molecule has 0 atom stereocenters. The zero-order chi connectivity index (χ0) is 23.4. The molecule has 1 aromatic heterocycles. The van der Waals surface area contributed by atoms with Crippen LogP contribution < -0.4 is 20.7 Å². The first kappa shape index (κ1) is 24.2. The Labute approximate surface area is 178 Å². The molecular formula is C20H26F3N5O3. The summed E-state index contributed by atoms with van der Waals surface area (Å²) < 4.78 is 44.8. The topological polar surface area (TPSA) is 108 Å². The molecule has 0 aliphatic rings. The fourth-order valence-corrected chi connectivity index (χ4v) is 2.66. The molecule has 0 spiro atoms. The minimum absolute atomic E-state index is 0.0557. The van der Waals surface area contributed by atoms with Crippen LogP contribution in [0.2, 0.25) is 0 Å². The summed E-state index contributed by atoms with van der Waals surface area (Å²) in [5.74, 6) is -0.538. The van der Waals surface area contributed by atoms with Crippen LogP contribution in [0.4, 0.5) is 30.6 Å². The van der Waals surface area contributed by atoms with E-state index in [0.717, 1.165) is 0 Å². The lowest BCUT2D eigenvalue weighted by atomic mass is 10.1. The second-order valence-electron chi connectivity index (χ2n) is 7.47. The van der Waals surface area contributed by atoms with Gasteiger partial charge in [0.1, 0.15) is 17.1 Å². The molecule has 0 saturated carbocycles. The number of nitrogens with one attached hydrogen (secondary N) is 3. The number of amides is 1. The van der Waals surface area contributed by atoms with Gasteiger partial charge < -0.3 is 25.8 Å². The monoisotopic (exact) mass is 441 g/mol. The third kappa shape index (κ3) is 6.45. The third-order valence-electron chi connectivity index (χ3n) is 4.16. The molecule has 0 unspecified atom stereocenters. The number of aliphatic hydroxyl groups is 1. The molecular weight excluding hydrogens is 415 g/mol. The Balaban J connectivity index is 2.34. The largest absolute Gasteiger partial charge is 0.495 e. The normalized spacial score (nSPS) is 11.8. The second kappa shape index (κ2) is 9.38. The van der Waals surface area contributed by atoms with Crippen LogP contribution >= 0.6 is 0 Å². The van der Waals surface area contributed by atoms with Crippen LogP contribution in [0.15, 0.2) is 18.3 Å². The average molecular weight is 441 g/mol. The first-order valence-corrected chi connectivity index (χ1v) is 9.50. The van der Waals surface area contributed by atoms with Crippen molar-refractivity contribution in [1.29, 1.82) is 0 Å². The highest BCUT2D eigenvalue weighted by atomic mass is 19.4. The summed E-state index contributed by atoms with van der Waals surface area (Å²) in [5, 5.41) is 17.8. The Morgan fingerprint density at radius 3 is 2.48 bits per heavy atom. The molecule has 0 aliphatic heterocycles. The van der Waals surface area contributed by atoms with Gasteiger partial charge in [-0.25, -0.2) is 4.98 Å². The smallest absolute Gasteiger partial charge is 0.421 e. The van der Waals surface area contributed by atoms with Crippen molar-refractivity contribution in [2.24, 2.45) is 0 Å². The lowest BCUT2D eigenvalue weighted by Crippen LogP contribution is -2.38. The minimum Gasteiger partial charge on any atom is -0.495 e. The molecule has 2 rings (SSSR count). The molecule has 8 nitrogen and oxygen atoms in total. The molecule has 1 amide bonds. The van der Waals surface area contributed by atoms with Crippen molar-refractivity contribution < 1.29 is 27.8 Å². The molecule has 0 bridgehead atoms. The molecule has 0 saturated heterocycles. The third-order valence-corrected chi connectivity index (χ3v) is 4.16. The van der Waals surface area contributed by atoms with Gasteiger partial charge in [0.15, 0.2) is 0 Å². The van der Waals surface area contributed by atoms with Crippen molar-refractivity contribution in [3.05, 3.63) is 35.0 Å². The van der Waals surface area contributed by atoms with Crippen LogP contribution in [-0.4, -0.2) is 46.8 Å². The van der Waals surface area contributed by atoms with E-state index in [-0.39, 0.29) is 30.6 Å². The fraction of sp³-hybridized carbons (Fsp3) is 0.450. The minimum atomic E-state index is -4.59. The van der Waals surface area contributed by atoms with Crippen LogP contribution in [0.1, 0.15) is 42.3 Å². The van der Waals surface area contributed by atoms with Gasteiger partial charge in [0, 0.05) is 24.8 Å². The first-order valence-electron chi connectivity index (χ1n) is 9.50. The lowest BCUT2D eigenvalue weighted by Gasteiger charge is -2.19.